The van der Waals surface area contributed by atoms with Gasteiger partial charge in [0.2, 0.25) is 5.95 Å². The van der Waals surface area contributed by atoms with Crippen molar-refractivity contribution >= 4 is 32.8 Å². The minimum atomic E-state index is -3.79. The highest BCUT2D eigenvalue weighted by atomic mass is 32.2. The van der Waals surface area contributed by atoms with Crippen LogP contribution in [0.1, 0.15) is 13.8 Å². The first-order valence-electron chi connectivity index (χ1n) is 12.4. The fourth-order valence-electron chi connectivity index (χ4n) is 4.90. The van der Waals surface area contributed by atoms with Crippen molar-refractivity contribution in [2.45, 2.75) is 24.8 Å². The molecule has 0 radical (unpaired) electrons. The first-order chi connectivity index (χ1) is 18.2. The number of methoxy groups -OCH3 is 1. The van der Waals surface area contributed by atoms with E-state index in [0.717, 1.165) is 44.1 Å². The van der Waals surface area contributed by atoms with Crippen molar-refractivity contribution in [3.05, 3.63) is 48.2 Å². The summed E-state index contributed by atoms with van der Waals surface area (Å²) >= 11 is 0. The maximum Gasteiger partial charge on any atom is 0.227 e. The van der Waals surface area contributed by atoms with Crippen molar-refractivity contribution in [1.82, 2.24) is 15.3 Å². The smallest absolute Gasteiger partial charge is 0.227 e. The van der Waals surface area contributed by atoms with E-state index < -0.39 is 21.5 Å². The first-order valence-corrected chi connectivity index (χ1v) is 14.1. The molecule has 0 atom stereocenters. The second-order valence-corrected chi connectivity index (χ2v) is 11.6. The zero-order valence-electron chi connectivity index (χ0n) is 21.5. The fraction of sp³-hybridized carbons (Fsp3) is 0.385. The van der Waals surface area contributed by atoms with E-state index in [1.165, 1.54) is 6.07 Å². The van der Waals surface area contributed by atoms with Crippen LogP contribution in [-0.2, 0) is 9.84 Å². The van der Waals surface area contributed by atoms with Gasteiger partial charge in [0.1, 0.15) is 22.2 Å². The molecule has 0 unspecified atom stereocenters. The second kappa shape index (κ2) is 10.3. The molecule has 1 saturated heterocycles. The van der Waals surface area contributed by atoms with E-state index in [1.807, 2.05) is 32.0 Å². The van der Waals surface area contributed by atoms with Gasteiger partial charge in [0.25, 0.3) is 0 Å². The fourth-order valence-corrected chi connectivity index (χ4v) is 6.39. The molecule has 38 heavy (non-hydrogen) atoms. The van der Waals surface area contributed by atoms with Gasteiger partial charge in [0.05, 0.1) is 30.4 Å². The van der Waals surface area contributed by atoms with E-state index in [2.05, 4.69) is 25.5 Å². The molecule has 0 saturated carbocycles. The zero-order chi connectivity index (χ0) is 27.0. The number of anilines is 4. The summed E-state index contributed by atoms with van der Waals surface area (Å²) in [5, 5.41) is 6.39. The van der Waals surface area contributed by atoms with Crippen LogP contribution in [0.4, 0.5) is 31.8 Å². The van der Waals surface area contributed by atoms with Gasteiger partial charge >= 0.3 is 0 Å². The highest BCUT2D eigenvalue weighted by Gasteiger charge is 2.33. The highest BCUT2D eigenvalue weighted by molar-refractivity contribution is 7.91. The van der Waals surface area contributed by atoms with Crippen LogP contribution in [0.2, 0.25) is 0 Å². The molecule has 2 aliphatic rings. The topological polar surface area (TPSA) is 99.7 Å². The van der Waals surface area contributed by atoms with Crippen LogP contribution in [0.3, 0.4) is 0 Å². The summed E-state index contributed by atoms with van der Waals surface area (Å²) in [5.74, 6) is -1.09. The molecule has 12 heteroatoms. The molecule has 9 nitrogen and oxygen atoms in total. The number of nitrogens with zero attached hydrogens (tertiary/aromatic N) is 4. The zero-order valence-corrected chi connectivity index (χ0v) is 22.3. The van der Waals surface area contributed by atoms with Crippen LogP contribution in [0.15, 0.2) is 41.4 Å². The minimum absolute atomic E-state index is 0.0782. The Bertz CT molecular complexity index is 1460. The van der Waals surface area contributed by atoms with Gasteiger partial charge in [-0.3, -0.25) is 0 Å². The minimum Gasteiger partial charge on any atom is -0.495 e. The molecule has 0 spiro atoms. The summed E-state index contributed by atoms with van der Waals surface area (Å²) in [6.45, 7) is 7.50. The summed E-state index contributed by atoms with van der Waals surface area (Å²) < 4.78 is 60.9. The number of fused-ring (bicyclic) bond motifs is 1. The monoisotopic (exact) mass is 544 g/mol. The van der Waals surface area contributed by atoms with Gasteiger partial charge in [-0.05, 0) is 38.1 Å². The number of hydrogen-bond acceptors (Lipinski definition) is 9. The summed E-state index contributed by atoms with van der Waals surface area (Å²) in [6, 6.07) is 8.03. The molecule has 2 N–H and O–H groups in total. The van der Waals surface area contributed by atoms with Crippen LogP contribution >= 0.6 is 0 Å². The number of hydrogen-bond donors (Lipinski definition) is 2. The maximum absolute atomic E-state index is 15.2. The number of sulfone groups is 1. The van der Waals surface area contributed by atoms with Crippen LogP contribution < -0.4 is 25.2 Å². The number of nitrogens with one attached hydrogen (secondary N) is 2. The van der Waals surface area contributed by atoms with Crippen molar-refractivity contribution in [1.29, 1.82) is 0 Å². The van der Waals surface area contributed by atoms with Gasteiger partial charge in [-0.25, -0.2) is 27.2 Å². The molecule has 3 heterocycles. The molecule has 1 aromatic heterocycles. The lowest BCUT2D eigenvalue weighted by molar-refractivity contribution is 0.413. The molecule has 0 bridgehead atoms. The molecular formula is C26H30F2N6O3S. The van der Waals surface area contributed by atoms with Crippen molar-refractivity contribution in [3.8, 4) is 17.0 Å². The molecular weight excluding hydrogens is 514 g/mol. The van der Waals surface area contributed by atoms with Gasteiger partial charge < -0.3 is 25.2 Å². The summed E-state index contributed by atoms with van der Waals surface area (Å²) in [4.78, 5) is 12.0. The third-order valence-corrected chi connectivity index (χ3v) is 8.53. The molecule has 0 amide bonds. The van der Waals surface area contributed by atoms with Crippen molar-refractivity contribution < 1.29 is 21.9 Å². The van der Waals surface area contributed by atoms with Crippen LogP contribution in [-0.4, -0.2) is 70.0 Å². The Hall–Kier alpha value is -3.51. The van der Waals surface area contributed by atoms with Gasteiger partial charge in [0.15, 0.2) is 15.7 Å². The van der Waals surface area contributed by atoms with Crippen LogP contribution in [0, 0.1) is 11.6 Å². The molecule has 2 aliphatic heterocycles. The van der Waals surface area contributed by atoms with E-state index in [1.54, 1.807) is 12.0 Å². The van der Waals surface area contributed by atoms with Crippen molar-refractivity contribution in [2.75, 3.05) is 60.7 Å². The normalized spacial score (nSPS) is 16.9. The van der Waals surface area contributed by atoms with E-state index in [9.17, 15) is 12.8 Å². The predicted molar refractivity (Wildman–Crippen MR) is 143 cm³/mol. The number of ether oxygens (including phenoxy) is 1. The Morgan fingerprint density at radius 1 is 1.05 bits per heavy atom. The molecule has 0 aliphatic carbocycles. The Labute approximate surface area is 220 Å². The number of aromatic nitrogens is 2. The van der Waals surface area contributed by atoms with Gasteiger partial charge in [0, 0.05) is 56.1 Å². The predicted octanol–water partition coefficient (Wildman–Crippen LogP) is 3.59. The Morgan fingerprint density at radius 2 is 1.82 bits per heavy atom. The largest absolute Gasteiger partial charge is 0.495 e. The lowest BCUT2D eigenvalue weighted by atomic mass is 10.1. The Kier molecular flexibility index (Phi) is 7.10. The average molecular weight is 545 g/mol. The van der Waals surface area contributed by atoms with Gasteiger partial charge in [-0.15, -0.1) is 0 Å². The second-order valence-electron chi connectivity index (χ2n) is 9.55. The van der Waals surface area contributed by atoms with Crippen LogP contribution in [0.25, 0.3) is 11.3 Å². The first kappa shape index (κ1) is 26.1. The molecule has 202 valence electrons. The quantitative estimate of drug-likeness (QED) is 0.482. The molecule has 2 aromatic carbocycles. The Balaban J connectivity index is 1.49. The molecule has 5 rings (SSSR count). The number of rotatable bonds is 6. The third-order valence-electron chi connectivity index (χ3n) is 6.78. The average Bonchev–Trinajstić information content (AvgIpc) is 2.89. The van der Waals surface area contributed by atoms with Crippen molar-refractivity contribution in [3.63, 3.8) is 0 Å². The van der Waals surface area contributed by atoms with Crippen molar-refractivity contribution in [2.24, 2.45) is 0 Å². The third kappa shape index (κ3) is 4.97. The lowest BCUT2D eigenvalue weighted by Gasteiger charge is -2.34. The number of halogens is 2. The summed E-state index contributed by atoms with van der Waals surface area (Å²) in [7, 11) is -2.19. The van der Waals surface area contributed by atoms with E-state index >= 15 is 4.39 Å². The van der Waals surface area contributed by atoms with E-state index in [0.29, 0.717) is 11.4 Å². The highest BCUT2D eigenvalue weighted by Crippen LogP contribution is 2.38. The van der Waals surface area contributed by atoms with Gasteiger partial charge in [-0.2, -0.15) is 0 Å². The number of benzene rings is 2. The lowest BCUT2D eigenvalue weighted by Crippen LogP contribution is -2.43. The van der Waals surface area contributed by atoms with E-state index in [4.69, 9.17) is 4.74 Å². The number of piperazine rings is 1. The SMILES string of the molecule is COc1cc(Nc2ncc(F)c(-c3cc(F)c4c(c3)N(C(C)C)CCS4(=O)=O)n2)ccc1N1CCNCC1. The summed E-state index contributed by atoms with van der Waals surface area (Å²) in [5.41, 5.74) is 1.79. The Morgan fingerprint density at radius 3 is 2.53 bits per heavy atom. The van der Waals surface area contributed by atoms with E-state index in [-0.39, 0.29) is 46.1 Å². The van der Waals surface area contributed by atoms with Gasteiger partial charge in [-0.1, -0.05) is 0 Å². The van der Waals surface area contributed by atoms with Crippen LogP contribution in [0.5, 0.6) is 5.75 Å². The standard InChI is InChI=1S/C26H30F2N6O3S/c1-16(2)34-10-11-38(35,36)25-19(27)12-17(13-22(25)34)24-20(28)15-30-26(32-24)31-18-4-5-21(23(14-18)37-3)33-8-6-29-7-9-33/h4-5,12-16,29H,6-11H2,1-3H3,(H,30,31,32). The molecule has 3 aromatic rings. The molecule has 1 fully saturated rings. The summed E-state index contributed by atoms with van der Waals surface area (Å²) in [6.07, 6.45) is 1.01. The maximum atomic E-state index is 15.2.